The number of carbonyl (C=O) groups excluding carboxylic acids is 2. The van der Waals surface area contributed by atoms with Crippen molar-refractivity contribution in [2.45, 2.75) is 58.8 Å². The minimum Gasteiger partial charge on any atom is -0.318 e. The molecule has 0 N–H and O–H groups in total. The molecule has 1 aliphatic carbocycles. The molecular weight excluding hydrogens is 590 g/mol. The Morgan fingerprint density at radius 3 is 2.04 bits per heavy atom. The molecule has 0 fully saturated rings. The lowest BCUT2D eigenvalue weighted by molar-refractivity contribution is -0.140. The zero-order valence-corrected chi connectivity index (χ0v) is 28.0. The number of aryl methyl sites for hydroxylation is 1. The molecule has 0 heterocycles. The molecule has 0 aromatic heterocycles. The van der Waals surface area contributed by atoms with Crippen LogP contribution in [0.5, 0.6) is 0 Å². The number of nitrogens with zero attached hydrogens (tertiary/aromatic N) is 1. The van der Waals surface area contributed by atoms with Gasteiger partial charge in [0.15, 0.2) is 5.78 Å². The lowest BCUT2D eigenvalue weighted by Crippen LogP contribution is -2.26. The minimum atomic E-state index is -0.462. The Morgan fingerprint density at radius 2 is 1.31 bits per heavy atom. The number of fused-ring (bicyclic) bond motifs is 6. The molecule has 0 unspecified atom stereocenters. The maximum Gasteiger partial charge on any atom is 0.332 e. The van der Waals surface area contributed by atoms with Crippen molar-refractivity contribution in [3.63, 3.8) is 0 Å². The van der Waals surface area contributed by atoms with Crippen LogP contribution in [0.15, 0.2) is 120 Å². The topological polar surface area (TPSA) is 55.7 Å². The maximum atomic E-state index is 14.7. The van der Waals surface area contributed by atoms with E-state index in [9.17, 15) is 9.59 Å². The van der Waals surface area contributed by atoms with E-state index in [0.717, 1.165) is 75.0 Å². The molecular formula is C44H39NO3. The number of rotatable bonds is 9. The second-order valence-electron chi connectivity index (χ2n) is 12.9. The van der Waals surface area contributed by atoms with Crippen molar-refractivity contribution in [3.05, 3.63) is 154 Å². The van der Waals surface area contributed by atoms with Crippen molar-refractivity contribution in [1.29, 1.82) is 0 Å². The van der Waals surface area contributed by atoms with Gasteiger partial charge in [-0.3, -0.25) is 4.79 Å². The smallest absolute Gasteiger partial charge is 0.318 e. The fourth-order valence-electron chi connectivity index (χ4n) is 7.97. The molecule has 1 aliphatic rings. The molecule has 4 nitrogen and oxygen atoms in total. The molecule has 48 heavy (non-hydrogen) atoms. The first-order valence-electron chi connectivity index (χ1n) is 16.9. The average Bonchev–Trinajstić information content (AvgIpc) is 3.37. The van der Waals surface area contributed by atoms with E-state index in [1.54, 1.807) is 0 Å². The number of ketones is 1. The quantitative estimate of drug-likeness (QED) is 0.0692. The van der Waals surface area contributed by atoms with E-state index in [0.29, 0.717) is 5.71 Å². The third kappa shape index (κ3) is 5.13. The van der Waals surface area contributed by atoms with E-state index in [1.165, 1.54) is 29.2 Å². The van der Waals surface area contributed by atoms with Crippen molar-refractivity contribution in [2.75, 3.05) is 0 Å². The third-order valence-electron chi connectivity index (χ3n) is 9.94. The Bertz CT molecular complexity index is 2250. The molecule has 0 spiro atoms. The molecule has 4 heteroatoms. The highest BCUT2D eigenvalue weighted by molar-refractivity contribution is 6.23. The van der Waals surface area contributed by atoms with Crippen molar-refractivity contribution >= 4 is 39.0 Å². The Kier molecular flexibility index (Phi) is 8.26. The van der Waals surface area contributed by atoms with Gasteiger partial charge >= 0.3 is 5.97 Å². The molecule has 0 amide bonds. The summed E-state index contributed by atoms with van der Waals surface area (Å²) in [6.07, 6.45) is 3.83. The predicted octanol–water partition coefficient (Wildman–Crippen LogP) is 10.7. The minimum absolute atomic E-state index is 0.0414. The van der Waals surface area contributed by atoms with Gasteiger partial charge in [0.05, 0.1) is 0 Å². The fourth-order valence-corrected chi connectivity index (χ4v) is 7.97. The molecule has 0 saturated heterocycles. The molecule has 0 saturated carbocycles. The van der Waals surface area contributed by atoms with Crippen LogP contribution in [0.2, 0.25) is 0 Å². The van der Waals surface area contributed by atoms with E-state index in [-0.39, 0.29) is 11.2 Å². The fraction of sp³-hybridized carbons (Fsp3) is 0.205. The zero-order valence-electron chi connectivity index (χ0n) is 28.0. The largest absolute Gasteiger partial charge is 0.332 e. The highest BCUT2D eigenvalue weighted by Crippen LogP contribution is 2.56. The standard InChI is InChI=1S/C44H39NO3/c1-5-24-44(25-6-2)39-26-31(42(45-48-29(4)46)32-17-9-7-14-28(32)3)22-23-37(39)41-35-20-12-11-19-34(35)38(27-40(41)44)43(47)36-21-13-16-30-15-8-10-18-33(30)36/h7-23,26-27H,5-6,24-25H2,1-4H3/b45-42+. The summed E-state index contributed by atoms with van der Waals surface area (Å²) in [6.45, 7) is 7.89. The van der Waals surface area contributed by atoms with E-state index in [2.05, 4.69) is 73.6 Å². The van der Waals surface area contributed by atoms with Crippen LogP contribution in [0.25, 0.3) is 32.7 Å². The van der Waals surface area contributed by atoms with Crippen molar-refractivity contribution in [3.8, 4) is 11.1 Å². The molecule has 0 aliphatic heterocycles. The molecule has 238 valence electrons. The highest BCUT2D eigenvalue weighted by Gasteiger charge is 2.43. The second kappa shape index (κ2) is 12.7. The Balaban J connectivity index is 1.49. The first-order valence-corrected chi connectivity index (χ1v) is 16.9. The van der Waals surface area contributed by atoms with Gasteiger partial charge in [0.2, 0.25) is 0 Å². The van der Waals surface area contributed by atoms with Crippen LogP contribution in [0.3, 0.4) is 0 Å². The first-order chi connectivity index (χ1) is 23.4. The van der Waals surface area contributed by atoms with Crippen LogP contribution in [0.1, 0.15) is 90.2 Å². The third-order valence-corrected chi connectivity index (χ3v) is 9.94. The summed E-state index contributed by atoms with van der Waals surface area (Å²) in [4.78, 5) is 31.9. The number of hydrogen-bond donors (Lipinski definition) is 0. The predicted molar refractivity (Wildman–Crippen MR) is 196 cm³/mol. The molecule has 0 bridgehead atoms. The second-order valence-corrected chi connectivity index (χ2v) is 12.9. The Hall–Kier alpha value is -5.35. The van der Waals surface area contributed by atoms with Gasteiger partial charge in [-0.15, -0.1) is 0 Å². The van der Waals surface area contributed by atoms with E-state index in [4.69, 9.17) is 4.84 Å². The van der Waals surface area contributed by atoms with Crippen LogP contribution in [0.4, 0.5) is 0 Å². The van der Waals surface area contributed by atoms with Crippen molar-refractivity contribution in [1.82, 2.24) is 0 Å². The van der Waals surface area contributed by atoms with Crippen LogP contribution in [-0.4, -0.2) is 17.5 Å². The highest BCUT2D eigenvalue weighted by atomic mass is 16.7. The van der Waals surface area contributed by atoms with Gasteiger partial charge in [-0.25, -0.2) is 4.79 Å². The van der Waals surface area contributed by atoms with Crippen LogP contribution < -0.4 is 0 Å². The lowest BCUT2D eigenvalue weighted by atomic mass is 9.70. The monoisotopic (exact) mass is 629 g/mol. The molecule has 7 rings (SSSR count). The summed E-state index contributed by atoms with van der Waals surface area (Å²) in [6, 6.07) is 39.3. The van der Waals surface area contributed by atoms with Gasteiger partial charge < -0.3 is 4.84 Å². The summed E-state index contributed by atoms with van der Waals surface area (Å²) in [5, 5.41) is 8.48. The summed E-state index contributed by atoms with van der Waals surface area (Å²) in [5.74, 6) is -0.421. The van der Waals surface area contributed by atoms with E-state index >= 15 is 0 Å². The molecule has 6 aromatic carbocycles. The van der Waals surface area contributed by atoms with Gasteiger partial charge in [0, 0.05) is 34.6 Å². The van der Waals surface area contributed by atoms with E-state index in [1.807, 2.05) is 67.6 Å². The van der Waals surface area contributed by atoms with Crippen LogP contribution >= 0.6 is 0 Å². The number of oxime groups is 1. The lowest BCUT2D eigenvalue weighted by Gasteiger charge is -2.32. The summed E-state index contributed by atoms with van der Waals surface area (Å²) >= 11 is 0. The number of carbonyl (C=O) groups is 2. The van der Waals surface area contributed by atoms with Crippen LogP contribution in [-0.2, 0) is 15.0 Å². The number of benzene rings is 6. The molecule has 0 atom stereocenters. The average molecular weight is 630 g/mol. The Labute approximate surface area is 282 Å². The van der Waals surface area contributed by atoms with Crippen LogP contribution in [0, 0.1) is 6.92 Å². The molecule has 6 aromatic rings. The zero-order chi connectivity index (χ0) is 33.4. The summed E-state index contributed by atoms with van der Waals surface area (Å²) in [5.41, 5.74) is 9.48. The summed E-state index contributed by atoms with van der Waals surface area (Å²) in [7, 11) is 0. The molecule has 0 radical (unpaired) electrons. The van der Waals surface area contributed by atoms with Gasteiger partial charge in [-0.05, 0) is 81.3 Å². The maximum absolute atomic E-state index is 14.7. The van der Waals surface area contributed by atoms with Gasteiger partial charge in [0.25, 0.3) is 0 Å². The number of hydrogen-bond acceptors (Lipinski definition) is 4. The normalized spacial score (nSPS) is 13.4. The SMILES string of the molecule is CCCC1(CCC)c2cc(/C(=N\OC(C)=O)c3ccccc3C)ccc2-c2c1cc(C(=O)c1cccc3ccccc13)c1ccccc21. The van der Waals surface area contributed by atoms with Crippen molar-refractivity contribution in [2.24, 2.45) is 5.16 Å². The first kappa shape index (κ1) is 31.3. The van der Waals surface area contributed by atoms with E-state index < -0.39 is 5.97 Å². The van der Waals surface area contributed by atoms with Gasteiger partial charge in [-0.2, -0.15) is 0 Å². The van der Waals surface area contributed by atoms with Crippen molar-refractivity contribution < 1.29 is 14.4 Å². The Morgan fingerprint density at radius 1 is 0.667 bits per heavy atom. The van der Waals surface area contributed by atoms with Gasteiger partial charge in [0.1, 0.15) is 5.71 Å². The summed E-state index contributed by atoms with van der Waals surface area (Å²) < 4.78 is 0. The van der Waals surface area contributed by atoms with Gasteiger partial charge in [-0.1, -0.05) is 135 Å².